The Balaban J connectivity index is 1.28. The van der Waals surface area contributed by atoms with E-state index in [1.165, 1.54) is 0 Å². The third-order valence-corrected chi connectivity index (χ3v) is 4.74. The number of benzene rings is 2. The van der Waals surface area contributed by atoms with E-state index in [9.17, 15) is 4.79 Å². The fourth-order valence-corrected chi connectivity index (χ4v) is 3.04. The molecular weight excluding hydrogens is 372 g/mol. The highest BCUT2D eigenvalue weighted by Gasteiger charge is 2.21. The number of carbonyl (C=O) groups excluding carboxylic acids is 1. The summed E-state index contributed by atoms with van der Waals surface area (Å²) in [6.07, 6.45) is -0.230. The molecule has 7 nitrogen and oxygen atoms in total. The summed E-state index contributed by atoms with van der Waals surface area (Å²) in [5.74, 6) is 2.65. The fraction of sp³-hybridized carbons (Fsp3) is 0.273. The Hall–Kier alpha value is -3.48. The highest BCUT2D eigenvalue weighted by molar-refractivity contribution is 5.94. The number of ether oxygens (including phenoxy) is 3. The number of para-hydroxylation sites is 2. The summed E-state index contributed by atoms with van der Waals surface area (Å²) in [6, 6.07) is 14.5. The van der Waals surface area contributed by atoms with Crippen LogP contribution in [-0.4, -0.2) is 30.3 Å². The maximum Gasteiger partial charge on any atom is 0.251 e. The Morgan fingerprint density at radius 2 is 1.90 bits per heavy atom. The van der Waals surface area contributed by atoms with Gasteiger partial charge in [0.1, 0.15) is 30.8 Å². The van der Waals surface area contributed by atoms with Gasteiger partial charge >= 0.3 is 0 Å². The molecule has 1 aromatic heterocycles. The van der Waals surface area contributed by atoms with Gasteiger partial charge in [0, 0.05) is 5.56 Å². The molecule has 4 rings (SSSR count). The van der Waals surface area contributed by atoms with Gasteiger partial charge in [-0.3, -0.25) is 4.79 Å². The van der Waals surface area contributed by atoms with Crippen LogP contribution in [0.5, 0.6) is 17.2 Å². The number of hydrogen-bond donors (Lipinski definition) is 1. The van der Waals surface area contributed by atoms with E-state index < -0.39 is 0 Å². The lowest BCUT2D eigenvalue weighted by molar-refractivity contribution is 0.0789. The highest BCUT2D eigenvalue weighted by Crippen LogP contribution is 2.30. The zero-order valence-corrected chi connectivity index (χ0v) is 16.3. The van der Waals surface area contributed by atoms with Crippen LogP contribution in [-0.2, 0) is 6.61 Å². The summed E-state index contributed by atoms with van der Waals surface area (Å²) in [4.78, 5) is 12.4. The van der Waals surface area contributed by atoms with E-state index in [4.69, 9.17) is 18.7 Å². The van der Waals surface area contributed by atoms with E-state index in [2.05, 4.69) is 10.5 Å². The maximum atomic E-state index is 12.4. The van der Waals surface area contributed by atoms with E-state index in [0.29, 0.717) is 36.8 Å². The number of nitrogens with one attached hydrogen (secondary N) is 1. The van der Waals surface area contributed by atoms with Gasteiger partial charge in [-0.1, -0.05) is 17.3 Å². The van der Waals surface area contributed by atoms with Gasteiger partial charge in [0.25, 0.3) is 5.91 Å². The fourth-order valence-electron chi connectivity index (χ4n) is 3.04. The SMILES string of the molecule is Cc1noc(C)c1COc1ccc(C(=O)NCC2COc3ccccc3O2)cc1. The lowest BCUT2D eigenvalue weighted by atomic mass is 10.2. The molecule has 29 heavy (non-hydrogen) atoms. The molecule has 150 valence electrons. The minimum atomic E-state index is -0.230. The van der Waals surface area contributed by atoms with Crippen LogP contribution < -0.4 is 19.5 Å². The number of aromatic nitrogens is 1. The summed E-state index contributed by atoms with van der Waals surface area (Å²) in [7, 11) is 0. The predicted molar refractivity (Wildman–Crippen MR) is 105 cm³/mol. The van der Waals surface area contributed by atoms with Crippen molar-refractivity contribution in [2.24, 2.45) is 0 Å². The van der Waals surface area contributed by atoms with Crippen LogP contribution in [0.4, 0.5) is 0 Å². The van der Waals surface area contributed by atoms with Crippen LogP contribution in [0.3, 0.4) is 0 Å². The lowest BCUT2D eigenvalue weighted by Gasteiger charge is -2.26. The van der Waals surface area contributed by atoms with Crippen LogP contribution in [0.25, 0.3) is 0 Å². The molecule has 0 radical (unpaired) electrons. The average molecular weight is 394 g/mol. The third-order valence-electron chi connectivity index (χ3n) is 4.74. The molecule has 0 bridgehead atoms. The molecule has 0 saturated carbocycles. The molecule has 1 aliphatic heterocycles. The Labute approximate surface area is 168 Å². The number of amides is 1. The molecule has 1 aliphatic rings. The molecule has 0 aliphatic carbocycles. The highest BCUT2D eigenvalue weighted by atomic mass is 16.6. The van der Waals surface area contributed by atoms with Crippen molar-refractivity contribution in [1.29, 1.82) is 0 Å². The summed E-state index contributed by atoms with van der Waals surface area (Å²) in [5, 5.41) is 6.79. The topological polar surface area (TPSA) is 82.8 Å². The second kappa shape index (κ2) is 8.26. The van der Waals surface area contributed by atoms with Crippen LogP contribution in [0, 0.1) is 13.8 Å². The van der Waals surface area contributed by atoms with Crippen molar-refractivity contribution in [2.45, 2.75) is 26.6 Å². The molecule has 3 aromatic rings. The lowest BCUT2D eigenvalue weighted by Crippen LogP contribution is -2.40. The van der Waals surface area contributed by atoms with Crippen LogP contribution in [0.15, 0.2) is 53.1 Å². The van der Waals surface area contributed by atoms with Crippen LogP contribution in [0.1, 0.15) is 27.4 Å². The summed E-state index contributed by atoms with van der Waals surface area (Å²) in [6.45, 7) is 4.85. The van der Waals surface area contributed by atoms with E-state index in [1.807, 2.05) is 38.1 Å². The molecule has 2 aromatic carbocycles. The van der Waals surface area contributed by atoms with Gasteiger partial charge in [-0.25, -0.2) is 0 Å². The first kappa shape index (κ1) is 18.9. The minimum absolute atomic E-state index is 0.176. The first-order chi connectivity index (χ1) is 14.1. The first-order valence-electron chi connectivity index (χ1n) is 9.41. The second-order valence-electron chi connectivity index (χ2n) is 6.82. The Morgan fingerprint density at radius 1 is 1.14 bits per heavy atom. The van der Waals surface area contributed by atoms with E-state index in [1.54, 1.807) is 24.3 Å². The Bertz CT molecular complexity index is 977. The monoisotopic (exact) mass is 394 g/mol. The standard InChI is InChI=1S/C22H22N2O5/c1-14-19(15(2)29-24-14)13-26-17-9-7-16(8-10-17)22(25)23-11-18-12-27-20-5-3-4-6-21(20)28-18/h3-10,18H,11-13H2,1-2H3,(H,23,25). The van der Waals surface area contributed by atoms with Gasteiger partial charge < -0.3 is 24.1 Å². The third kappa shape index (κ3) is 4.34. The number of aryl methyl sites for hydroxylation is 2. The van der Waals surface area contributed by atoms with Crippen LogP contribution >= 0.6 is 0 Å². The smallest absolute Gasteiger partial charge is 0.251 e. The molecule has 1 atom stereocenters. The molecule has 1 unspecified atom stereocenters. The molecule has 7 heteroatoms. The molecule has 1 N–H and O–H groups in total. The van der Waals surface area contributed by atoms with Crippen molar-refractivity contribution in [2.75, 3.05) is 13.2 Å². The normalized spacial score (nSPS) is 15.0. The summed E-state index contributed by atoms with van der Waals surface area (Å²) in [5.41, 5.74) is 2.30. The molecule has 0 saturated heterocycles. The van der Waals surface area contributed by atoms with Gasteiger partial charge in [-0.05, 0) is 50.2 Å². The predicted octanol–water partition coefficient (Wildman–Crippen LogP) is 3.44. The van der Waals surface area contributed by atoms with Crippen LogP contribution in [0.2, 0.25) is 0 Å². The first-order valence-corrected chi connectivity index (χ1v) is 9.41. The zero-order chi connectivity index (χ0) is 20.2. The van der Waals surface area contributed by atoms with Crippen molar-refractivity contribution in [3.63, 3.8) is 0 Å². The molecule has 0 fully saturated rings. The van der Waals surface area contributed by atoms with Crippen molar-refractivity contribution in [3.05, 3.63) is 71.1 Å². The van der Waals surface area contributed by atoms with Crippen molar-refractivity contribution < 1.29 is 23.5 Å². The van der Waals surface area contributed by atoms with E-state index in [0.717, 1.165) is 22.8 Å². The molecule has 2 heterocycles. The number of carbonyl (C=O) groups is 1. The Kier molecular flexibility index (Phi) is 5.37. The zero-order valence-electron chi connectivity index (χ0n) is 16.3. The Morgan fingerprint density at radius 3 is 2.62 bits per heavy atom. The van der Waals surface area contributed by atoms with Gasteiger partial charge in [0.15, 0.2) is 11.5 Å². The minimum Gasteiger partial charge on any atom is -0.489 e. The maximum absolute atomic E-state index is 12.4. The van der Waals surface area contributed by atoms with Crippen molar-refractivity contribution in [3.8, 4) is 17.2 Å². The number of nitrogens with zero attached hydrogens (tertiary/aromatic N) is 1. The average Bonchev–Trinajstić information content (AvgIpc) is 3.08. The number of fused-ring (bicyclic) bond motifs is 1. The number of rotatable bonds is 6. The second-order valence-corrected chi connectivity index (χ2v) is 6.82. The summed E-state index contributed by atoms with van der Waals surface area (Å²) >= 11 is 0. The van der Waals surface area contributed by atoms with Gasteiger partial charge in [0.2, 0.25) is 0 Å². The van der Waals surface area contributed by atoms with E-state index in [-0.39, 0.29) is 12.0 Å². The molecular formula is C22H22N2O5. The van der Waals surface area contributed by atoms with Crippen molar-refractivity contribution in [1.82, 2.24) is 10.5 Å². The van der Waals surface area contributed by atoms with Gasteiger partial charge in [-0.2, -0.15) is 0 Å². The molecule has 1 amide bonds. The van der Waals surface area contributed by atoms with Gasteiger partial charge in [0.05, 0.1) is 17.8 Å². The van der Waals surface area contributed by atoms with Gasteiger partial charge in [-0.15, -0.1) is 0 Å². The summed E-state index contributed by atoms with van der Waals surface area (Å²) < 4.78 is 22.4. The quantitative estimate of drug-likeness (QED) is 0.690. The largest absolute Gasteiger partial charge is 0.489 e. The van der Waals surface area contributed by atoms with Crippen molar-refractivity contribution >= 4 is 5.91 Å². The van der Waals surface area contributed by atoms with E-state index >= 15 is 0 Å². The number of hydrogen-bond acceptors (Lipinski definition) is 6. The molecule has 0 spiro atoms.